The zero-order chi connectivity index (χ0) is 9.10. The Kier molecular flexibility index (Phi) is 2.54. The van der Waals surface area contributed by atoms with Gasteiger partial charge in [-0.05, 0) is 17.7 Å². The predicted molar refractivity (Wildman–Crippen MR) is 54.8 cm³/mol. The van der Waals surface area contributed by atoms with Crippen LogP contribution in [0.3, 0.4) is 0 Å². The predicted octanol–water partition coefficient (Wildman–Crippen LogP) is 2.46. The van der Waals surface area contributed by atoms with E-state index in [1.165, 1.54) is 6.07 Å². The quantitative estimate of drug-likeness (QED) is 0.738. The Morgan fingerprint density at radius 1 is 1.38 bits per heavy atom. The van der Waals surface area contributed by atoms with Gasteiger partial charge in [-0.3, -0.25) is 0 Å². The molecule has 0 aromatic heterocycles. The summed E-state index contributed by atoms with van der Waals surface area (Å²) in [4.78, 5) is 1.12. The number of benzene rings is 1. The van der Waals surface area contributed by atoms with Crippen molar-refractivity contribution in [3.05, 3.63) is 41.8 Å². The van der Waals surface area contributed by atoms with Gasteiger partial charge in [0.25, 0.3) is 0 Å². The third-order valence-electron chi connectivity index (χ3n) is 1.85. The fraction of sp³-hybridized carbons (Fsp3) is 0.200. The van der Waals surface area contributed by atoms with Crippen LogP contribution in [-0.4, -0.2) is 12.3 Å². The van der Waals surface area contributed by atoms with Crippen LogP contribution in [0.1, 0.15) is 5.56 Å². The zero-order valence-electron chi connectivity index (χ0n) is 7.09. The molecular weight excluding hydrogens is 185 g/mol. The van der Waals surface area contributed by atoms with Gasteiger partial charge in [0.15, 0.2) is 0 Å². The van der Waals surface area contributed by atoms with Gasteiger partial charge in [0, 0.05) is 23.4 Å². The maximum Gasteiger partial charge on any atom is 0.123 e. The normalized spacial score (nSPS) is 16.2. The summed E-state index contributed by atoms with van der Waals surface area (Å²) in [5, 5.41) is 3.15. The Bertz CT molecular complexity index is 335. The molecule has 0 spiro atoms. The van der Waals surface area contributed by atoms with E-state index >= 15 is 0 Å². The molecule has 0 saturated heterocycles. The summed E-state index contributed by atoms with van der Waals surface area (Å²) in [6.07, 6.45) is 1.95. The number of rotatable bonds is 1. The van der Waals surface area contributed by atoms with Crippen LogP contribution in [0.25, 0.3) is 4.91 Å². The van der Waals surface area contributed by atoms with Gasteiger partial charge in [-0.2, -0.15) is 0 Å². The summed E-state index contributed by atoms with van der Waals surface area (Å²) < 4.78 is 12.9. The second kappa shape index (κ2) is 3.83. The SMILES string of the molecule is Fc1cccc(C2=CNCCS2)c1. The molecule has 0 saturated carbocycles. The van der Waals surface area contributed by atoms with Crippen molar-refractivity contribution in [1.82, 2.24) is 5.32 Å². The van der Waals surface area contributed by atoms with Gasteiger partial charge in [-0.1, -0.05) is 12.1 Å². The number of hydrogen-bond donors (Lipinski definition) is 1. The van der Waals surface area contributed by atoms with E-state index in [1.54, 1.807) is 23.9 Å². The van der Waals surface area contributed by atoms with Gasteiger partial charge < -0.3 is 5.32 Å². The van der Waals surface area contributed by atoms with Crippen LogP contribution in [0.4, 0.5) is 4.39 Å². The standard InChI is InChI=1S/C10H10FNS/c11-9-3-1-2-8(6-9)10-7-12-4-5-13-10/h1-3,6-7,12H,4-5H2. The van der Waals surface area contributed by atoms with Gasteiger partial charge >= 0.3 is 0 Å². The third kappa shape index (κ3) is 2.04. The lowest BCUT2D eigenvalue weighted by atomic mass is 10.2. The summed E-state index contributed by atoms with van der Waals surface area (Å²) in [6.45, 7) is 0.990. The number of hydrogen-bond acceptors (Lipinski definition) is 2. The molecule has 1 N–H and O–H groups in total. The molecule has 3 heteroatoms. The Hall–Kier alpha value is -0.960. The first-order valence-corrected chi connectivity index (χ1v) is 5.17. The third-order valence-corrected chi connectivity index (χ3v) is 2.92. The lowest BCUT2D eigenvalue weighted by Crippen LogP contribution is -2.14. The molecule has 1 aliphatic heterocycles. The highest BCUT2D eigenvalue weighted by Gasteiger charge is 2.06. The van der Waals surface area contributed by atoms with E-state index in [2.05, 4.69) is 5.32 Å². The average molecular weight is 195 g/mol. The molecule has 0 bridgehead atoms. The molecule has 1 nitrogen and oxygen atoms in total. The molecule has 0 fully saturated rings. The molecule has 13 heavy (non-hydrogen) atoms. The monoisotopic (exact) mass is 195 g/mol. The van der Waals surface area contributed by atoms with E-state index in [1.807, 2.05) is 12.3 Å². The number of thioether (sulfide) groups is 1. The van der Waals surface area contributed by atoms with Crippen LogP contribution in [0.15, 0.2) is 30.5 Å². The summed E-state index contributed by atoms with van der Waals surface area (Å²) in [5.74, 6) is 0.868. The molecule has 68 valence electrons. The van der Waals surface area contributed by atoms with Crippen LogP contribution in [0.2, 0.25) is 0 Å². The molecule has 2 rings (SSSR count). The van der Waals surface area contributed by atoms with Gasteiger partial charge in [0.1, 0.15) is 5.82 Å². The summed E-state index contributed by atoms with van der Waals surface area (Å²) >= 11 is 1.76. The van der Waals surface area contributed by atoms with Crippen LogP contribution >= 0.6 is 11.8 Å². The second-order valence-corrected chi connectivity index (χ2v) is 3.96. The van der Waals surface area contributed by atoms with E-state index in [9.17, 15) is 4.39 Å². The van der Waals surface area contributed by atoms with Crippen molar-refractivity contribution in [2.75, 3.05) is 12.3 Å². The molecule has 1 heterocycles. The molecule has 0 amide bonds. The van der Waals surface area contributed by atoms with Gasteiger partial charge in [0.05, 0.1) is 0 Å². The Labute approximate surface area is 81.0 Å². The number of nitrogens with one attached hydrogen (secondary N) is 1. The first-order chi connectivity index (χ1) is 6.36. The fourth-order valence-corrected chi connectivity index (χ4v) is 2.13. The molecule has 0 radical (unpaired) electrons. The van der Waals surface area contributed by atoms with E-state index < -0.39 is 0 Å². The molecule has 0 atom stereocenters. The number of halogens is 1. The molecule has 1 aromatic rings. The van der Waals surface area contributed by atoms with Crippen LogP contribution in [0, 0.1) is 5.82 Å². The van der Waals surface area contributed by atoms with Gasteiger partial charge in [-0.15, -0.1) is 11.8 Å². The summed E-state index contributed by atoms with van der Waals surface area (Å²) in [7, 11) is 0. The Morgan fingerprint density at radius 2 is 2.31 bits per heavy atom. The van der Waals surface area contributed by atoms with Crippen LogP contribution < -0.4 is 5.32 Å². The summed E-state index contributed by atoms with van der Waals surface area (Å²) in [6, 6.07) is 6.69. The maximum absolute atomic E-state index is 12.9. The molecule has 0 unspecified atom stereocenters. The first kappa shape index (κ1) is 8.63. The molecule has 0 aliphatic carbocycles. The topological polar surface area (TPSA) is 12.0 Å². The van der Waals surface area contributed by atoms with E-state index in [0.29, 0.717) is 0 Å². The highest BCUT2D eigenvalue weighted by atomic mass is 32.2. The van der Waals surface area contributed by atoms with Gasteiger partial charge in [-0.25, -0.2) is 4.39 Å². The lowest BCUT2D eigenvalue weighted by Gasteiger charge is -2.13. The van der Waals surface area contributed by atoms with Crippen molar-refractivity contribution in [3.63, 3.8) is 0 Å². The Morgan fingerprint density at radius 3 is 3.00 bits per heavy atom. The molecule has 1 aliphatic rings. The maximum atomic E-state index is 12.9. The van der Waals surface area contributed by atoms with E-state index in [4.69, 9.17) is 0 Å². The van der Waals surface area contributed by atoms with Crippen molar-refractivity contribution in [1.29, 1.82) is 0 Å². The molecule has 1 aromatic carbocycles. The molecular formula is C10H10FNS. The highest BCUT2D eigenvalue weighted by molar-refractivity contribution is 8.08. The highest BCUT2D eigenvalue weighted by Crippen LogP contribution is 2.28. The van der Waals surface area contributed by atoms with E-state index in [0.717, 1.165) is 22.8 Å². The van der Waals surface area contributed by atoms with Crippen molar-refractivity contribution < 1.29 is 4.39 Å². The smallest absolute Gasteiger partial charge is 0.123 e. The van der Waals surface area contributed by atoms with Crippen molar-refractivity contribution in [2.45, 2.75) is 0 Å². The first-order valence-electron chi connectivity index (χ1n) is 4.18. The minimum Gasteiger partial charge on any atom is -0.389 e. The minimum absolute atomic E-state index is 0.176. The van der Waals surface area contributed by atoms with Crippen molar-refractivity contribution >= 4 is 16.7 Å². The fourth-order valence-electron chi connectivity index (χ4n) is 1.23. The largest absolute Gasteiger partial charge is 0.389 e. The van der Waals surface area contributed by atoms with Crippen molar-refractivity contribution in [2.24, 2.45) is 0 Å². The van der Waals surface area contributed by atoms with Crippen molar-refractivity contribution in [3.8, 4) is 0 Å². The summed E-state index contributed by atoms with van der Waals surface area (Å²) in [5.41, 5.74) is 0.956. The average Bonchev–Trinajstić information content (AvgIpc) is 2.19. The van der Waals surface area contributed by atoms with Crippen LogP contribution in [0.5, 0.6) is 0 Å². The Balaban J connectivity index is 2.29. The second-order valence-electron chi connectivity index (χ2n) is 2.82. The van der Waals surface area contributed by atoms with Gasteiger partial charge in [0.2, 0.25) is 0 Å². The minimum atomic E-state index is -0.176. The lowest BCUT2D eigenvalue weighted by molar-refractivity contribution is 0.627. The van der Waals surface area contributed by atoms with E-state index in [-0.39, 0.29) is 5.82 Å². The zero-order valence-corrected chi connectivity index (χ0v) is 7.90. The van der Waals surface area contributed by atoms with Crippen LogP contribution in [-0.2, 0) is 0 Å².